The van der Waals surface area contributed by atoms with E-state index in [0.29, 0.717) is 32.7 Å². The second kappa shape index (κ2) is 5.64. The number of amides is 1. The summed E-state index contributed by atoms with van der Waals surface area (Å²) in [6.07, 6.45) is 1.53. The van der Waals surface area contributed by atoms with Gasteiger partial charge in [-0.1, -0.05) is 20.8 Å². The zero-order valence-electron chi connectivity index (χ0n) is 10.7. The second-order valence-electron chi connectivity index (χ2n) is 5.61. The molecule has 4 heteroatoms. The summed E-state index contributed by atoms with van der Waals surface area (Å²) in [5.41, 5.74) is 5.85. The van der Waals surface area contributed by atoms with Gasteiger partial charge in [-0.15, -0.1) is 0 Å². The van der Waals surface area contributed by atoms with E-state index in [1.165, 1.54) is 0 Å². The highest BCUT2D eigenvalue weighted by Crippen LogP contribution is 2.21. The molecule has 0 aliphatic carbocycles. The van der Waals surface area contributed by atoms with Gasteiger partial charge in [-0.25, -0.2) is 0 Å². The van der Waals surface area contributed by atoms with Gasteiger partial charge in [-0.2, -0.15) is 0 Å². The van der Waals surface area contributed by atoms with E-state index in [4.69, 9.17) is 10.5 Å². The minimum Gasteiger partial charge on any atom is -0.377 e. The fourth-order valence-electron chi connectivity index (χ4n) is 1.80. The van der Waals surface area contributed by atoms with Crippen LogP contribution in [-0.4, -0.2) is 43.2 Å². The standard InChI is InChI=1S/C12H24N2O2/c1-12(2,3)5-4-11(15)14-6-7-16-9-10(14)8-13/h10H,4-9,13H2,1-3H3. The quantitative estimate of drug-likeness (QED) is 0.784. The van der Waals surface area contributed by atoms with Crippen LogP contribution in [0.15, 0.2) is 0 Å². The van der Waals surface area contributed by atoms with Crippen molar-refractivity contribution in [2.45, 2.75) is 39.7 Å². The average molecular weight is 228 g/mol. The van der Waals surface area contributed by atoms with E-state index >= 15 is 0 Å². The summed E-state index contributed by atoms with van der Waals surface area (Å²) in [6.45, 7) is 8.85. The summed E-state index contributed by atoms with van der Waals surface area (Å²) in [4.78, 5) is 13.9. The molecule has 1 aliphatic heterocycles. The van der Waals surface area contributed by atoms with Crippen molar-refractivity contribution in [2.75, 3.05) is 26.3 Å². The average Bonchev–Trinajstić information content (AvgIpc) is 2.25. The maximum Gasteiger partial charge on any atom is 0.223 e. The third-order valence-electron chi connectivity index (χ3n) is 2.91. The van der Waals surface area contributed by atoms with Crippen molar-refractivity contribution < 1.29 is 9.53 Å². The number of carbonyl (C=O) groups excluding carboxylic acids is 1. The molecule has 1 fully saturated rings. The van der Waals surface area contributed by atoms with E-state index in [0.717, 1.165) is 6.42 Å². The van der Waals surface area contributed by atoms with Crippen LogP contribution in [0.1, 0.15) is 33.6 Å². The molecular weight excluding hydrogens is 204 g/mol. The fraction of sp³-hybridized carbons (Fsp3) is 0.917. The lowest BCUT2D eigenvalue weighted by atomic mass is 9.90. The van der Waals surface area contributed by atoms with Gasteiger partial charge in [0, 0.05) is 19.5 Å². The van der Waals surface area contributed by atoms with Crippen LogP contribution in [0, 0.1) is 5.41 Å². The number of morpholine rings is 1. The summed E-state index contributed by atoms with van der Waals surface area (Å²) in [6, 6.07) is 0.0706. The first kappa shape index (κ1) is 13.5. The maximum absolute atomic E-state index is 12.0. The number of nitrogens with zero attached hydrogens (tertiary/aromatic N) is 1. The number of hydrogen-bond acceptors (Lipinski definition) is 3. The molecular formula is C12H24N2O2. The Labute approximate surface area is 98.1 Å². The first-order valence-electron chi connectivity index (χ1n) is 6.01. The molecule has 0 aromatic rings. The second-order valence-corrected chi connectivity index (χ2v) is 5.61. The van der Waals surface area contributed by atoms with Crippen LogP contribution in [0.2, 0.25) is 0 Å². The van der Waals surface area contributed by atoms with Crippen LogP contribution in [0.5, 0.6) is 0 Å². The van der Waals surface area contributed by atoms with Crippen LogP contribution in [0.3, 0.4) is 0 Å². The van der Waals surface area contributed by atoms with E-state index in [2.05, 4.69) is 20.8 Å². The van der Waals surface area contributed by atoms with Crippen molar-refractivity contribution in [3.05, 3.63) is 0 Å². The molecule has 1 amide bonds. The zero-order chi connectivity index (χ0) is 12.2. The first-order chi connectivity index (χ1) is 7.44. The van der Waals surface area contributed by atoms with Gasteiger partial charge in [0.1, 0.15) is 0 Å². The summed E-state index contributed by atoms with van der Waals surface area (Å²) in [5.74, 6) is 0.216. The van der Waals surface area contributed by atoms with Crippen molar-refractivity contribution in [1.82, 2.24) is 4.90 Å². The van der Waals surface area contributed by atoms with Crippen LogP contribution < -0.4 is 5.73 Å². The molecule has 0 spiro atoms. The molecule has 2 N–H and O–H groups in total. The van der Waals surface area contributed by atoms with Gasteiger partial charge < -0.3 is 15.4 Å². The molecule has 1 heterocycles. The van der Waals surface area contributed by atoms with E-state index in [1.807, 2.05) is 4.90 Å². The maximum atomic E-state index is 12.0. The lowest BCUT2D eigenvalue weighted by Gasteiger charge is -2.35. The van der Waals surface area contributed by atoms with Gasteiger partial charge in [-0.05, 0) is 11.8 Å². The number of rotatable bonds is 3. The lowest BCUT2D eigenvalue weighted by Crippen LogP contribution is -2.52. The zero-order valence-corrected chi connectivity index (χ0v) is 10.7. The molecule has 94 valence electrons. The van der Waals surface area contributed by atoms with E-state index < -0.39 is 0 Å². The van der Waals surface area contributed by atoms with Crippen molar-refractivity contribution in [1.29, 1.82) is 0 Å². The van der Waals surface area contributed by atoms with Crippen molar-refractivity contribution in [3.8, 4) is 0 Å². The predicted molar refractivity (Wildman–Crippen MR) is 64.1 cm³/mol. The van der Waals surface area contributed by atoms with Gasteiger partial charge in [0.05, 0.1) is 19.3 Å². The summed E-state index contributed by atoms with van der Waals surface area (Å²) >= 11 is 0. The molecule has 16 heavy (non-hydrogen) atoms. The smallest absolute Gasteiger partial charge is 0.223 e. The Morgan fingerprint density at radius 2 is 2.19 bits per heavy atom. The predicted octanol–water partition coefficient (Wildman–Crippen LogP) is 0.999. The molecule has 1 aliphatic rings. The third-order valence-corrected chi connectivity index (χ3v) is 2.91. The van der Waals surface area contributed by atoms with E-state index in [9.17, 15) is 4.79 Å². The highest BCUT2D eigenvalue weighted by Gasteiger charge is 2.26. The van der Waals surface area contributed by atoms with Crippen LogP contribution in [-0.2, 0) is 9.53 Å². The molecule has 1 atom stereocenters. The fourth-order valence-corrected chi connectivity index (χ4v) is 1.80. The minimum absolute atomic E-state index is 0.0706. The van der Waals surface area contributed by atoms with Crippen molar-refractivity contribution in [3.63, 3.8) is 0 Å². The van der Waals surface area contributed by atoms with Gasteiger partial charge in [0.2, 0.25) is 5.91 Å². The molecule has 1 rings (SSSR count). The number of carbonyl (C=O) groups is 1. The summed E-state index contributed by atoms with van der Waals surface area (Å²) in [5, 5.41) is 0. The number of hydrogen-bond donors (Lipinski definition) is 1. The molecule has 0 radical (unpaired) electrons. The molecule has 4 nitrogen and oxygen atoms in total. The first-order valence-corrected chi connectivity index (χ1v) is 6.01. The molecule has 0 bridgehead atoms. The Morgan fingerprint density at radius 3 is 2.75 bits per heavy atom. The van der Waals surface area contributed by atoms with Crippen LogP contribution in [0.25, 0.3) is 0 Å². The molecule has 1 unspecified atom stereocenters. The Hall–Kier alpha value is -0.610. The Kier molecular flexibility index (Phi) is 4.74. The normalized spacial score (nSPS) is 22.2. The monoisotopic (exact) mass is 228 g/mol. The van der Waals surface area contributed by atoms with Gasteiger partial charge >= 0.3 is 0 Å². The van der Waals surface area contributed by atoms with Gasteiger partial charge in [-0.3, -0.25) is 4.79 Å². The molecule has 0 aromatic heterocycles. The molecule has 1 saturated heterocycles. The van der Waals surface area contributed by atoms with E-state index in [-0.39, 0.29) is 17.4 Å². The SMILES string of the molecule is CC(C)(C)CCC(=O)N1CCOCC1CN. The molecule has 0 aromatic carbocycles. The van der Waals surface area contributed by atoms with Crippen molar-refractivity contribution >= 4 is 5.91 Å². The topological polar surface area (TPSA) is 55.6 Å². The lowest BCUT2D eigenvalue weighted by molar-refractivity contribution is -0.140. The van der Waals surface area contributed by atoms with Crippen molar-refractivity contribution in [2.24, 2.45) is 11.1 Å². The third kappa shape index (κ3) is 4.10. The minimum atomic E-state index is 0.0706. The van der Waals surface area contributed by atoms with Gasteiger partial charge in [0.25, 0.3) is 0 Å². The highest BCUT2D eigenvalue weighted by atomic mass is 16.5. The summed E-state index contributed by atoms with van der Waals surface area (Å²) in [7, 11) is 0. The summed E-state index contributed by atoms with van der Waals surface area (Å²) < 4.78 is 5.32. The largest absolute Gasteiger partial charge is 0.377 e. The molecule has 0 saturated carbocycles. The number of nitrogens with two attached hydrogens (primary N) is 1. The van der Waals surface area contributed by atoms with Crippen LogP contribution in [0.4, 0.5) is 0 Å². The Bertz CT molecular complexity index is 236. The Morgan fingerprint density at radius 1 is 1.50 bits per heavy atom. The Balaban J connectivity index is 2.45. The highest BCUT2D eigenvalue weighted by molar-refractivity contribution is 5.76. The van der Waals surface area contributed by atoms with E-state index in [1.54, 1.807) is 0 Å². The number of ether oxygens (including phenoxy) is 1. The van der Waals surface area contributed by atoms with Gasteiger partial charge in [0.15, 0.2) is 0 Å². The van der Waals surface area contributed by atoms with Crippen LogP contribution >= 0.6 is 0 Å².